The molecule has 162 valence electrons. The van der Waals surface area contributed by atoms with Gasteiger partial charge in [-0.15, -0.1) is 0 Å². The van der Waals surface area contributed by atoms with Gasteiger partial charge in [-0.25, -0.2) is 0 Å². The van der Waals surface area contributed by atoms with Crippen molar-refractivity contribution < 1.29 is 18.0 Å². The summed E-state index contributed by atoms with van der Waals surface area (Å²) in [6.45, 7) is 5.30. The molecular formula is C22H27F3N4O. The molecule has 0 spiro atoms. The molecule has 30 heavy (non-hydrogen) atoms. The summed E-state index contributed by atoms with van der Waals surface area (Å²) in [7, 11) is 5.96. The Morgan fingerprint density at radius 1 is 1.00 bits per heavy atom. The number of benzene rings is 2. The minimum atomic E-state index is -4.42. The van der Waals surface area contributed by atoms with Crippen LogP contribution in [0.4, 0.5) is 30.2 Å². The zero-order chi connectivity index (χ0) is 22.3. The van der Waals surface area contributed by atoms with E-state index in [9.17, 15) is 18.0 Å². The van der Waals surface area contributed by atoms with Gasteiger partial charge in [0.1, 0.15) is 5.66 Å². The summed E-state index contributed by atoms with van der Waals surface area (Å²) in [6, 6.07) is 10.3. The van der Waals surface area contributed by atoms with E-state index in [-0.39, 0.29) is 5.91 Å². The Balaban J connectivity index is 1.94. The molecule has 1 heterocycles. The van der Waals surface area contributed by atoms with Crippen molar-refractivity contribution in [2.24, 2.45) is 0 Å². The second-order valence-electron chi connectivity index (χ2n) is 8.32. The summed E-state index contributed by atoms with van der Waals surface area (Å²) in [5.74, 6) is -0.253. The van der Waals surface area contributed by atoms with Gasteiger partial charge >= 0.3 is 6.18 Å². The van der Waals surface area contributed by atoms with E-state index < -0.39 is 17.4 Å². The van der Waals surface area contributed by atoms with Crippen LogP contribution in [0, 0.1) is 0 Å². The fraction of sp³-hybridized carbons (Fsp3) is 0.409. The van der Waals surface area contributed by atoms with Gasteiger partial charge < -0.3 is 15.1 Å². The monoisotopic (exact) mass is 420 g/mol. The third-order valence-electron chi connectivity index (χ3n) is 5.21. The third kappa shape index (κ3) is 4.38. The zero-order valence-corrected chi connectivity index (χ0v) is 17.8. The minimum Gasteiger partial charge on any atom is -0.373 e. The van der Waals surface area contributed by atoms with Crippen LogP contribution in [0.3, 0.4) is 0 Å². The molecule has 1 N–H and O–H groups in total. The van der Waals surface area contributed by atoms with Crippen LogP contribution in [-0.2, 0) is 6.18 Å². The van der Waals surface area contributed by atoms with E-state index >= 15 is 0 Å². The summed E-state index contributed by atoms with van der Waals surface area (Å²) < 4.78 is 38.8. The maximum Gasteiger partial charge on any atom is 0.416 e. The quantitative estimate of drug-likeness (QED) is 0.773. The lowest BCUT2D eigenvalue weighted by molar-refractivity contribution is -0.137. The first-order chi connectivity index (χ1) is 13.9. The highest BCUT2D eigenvalue weighted by molar-refractivity contribution is 6.13. The van der Waals surface area contributed by atoms with Gasteiger partial charge in [-0.2, -0.15) is 13.2 Å². The number of alkyl halides is 3. The summed E-state index contributed by atoms with van der Waals surface area (Å²) in [6.07, 6.45) is -4.42. The third-order valence-corrected chi connectivity index (χ3v) is 5.21. The number of fused-ring (bicyclic) bond motifs is 1. The van der Waals surface area contributed by atoms with Gasteiger partial charge in [-0.3, -0.25) is 9.69 Å². The van der Waals surface area contributed by atoms with Crippen LogP contribution in [0.5, 0.6) is 0 Å². The van der Waals surface area contributed by atoms with E-state index in [1.807, 2.05) is 53.2 Å². The number of halogens is 3. The number of carbonyl (C=O) groups is 1. The van der Waals surface area contributed by atoms with Crippen LogP contribution in [-0.4, -0.2) is 50.7 Å². The van der Waals surface area contributed by atoms with Crippen molar-refractivity contribution in [2.45, 2.75) is 25.7 Å². The Bertz CT molecular complexity index is 923. The summed E-state index contributed by atoms with van der Waals surface area (Å²) in [5, 5.41) is 3.33. The number of anilines is 3. The number of nitrogens with one attached hydrogen (secondary N) is 1. The summed E-state index contributed by atoms with van der Waals surface area (Å²) >= 11 is 0. The molecule has 8 heteroatoms. The first kappa shape index (κ1) is 22.0. The van der Waals surface area contributed by atoms with Gasteiger partial charge in [0.05, 0.1) is 11.1 Å². The predicted octanol–water partition coefficient (Wildman–Crippen LogP) is 4.51. The van der Waals surface area contributed by atoms with Gasteiger partial charge in [0, 0.05) is 37.2 Å². The van der Waals surface area contributed by atoms with Crippen molar-refractivity contribution in [3.63, 3.8) is 0 Å². The molecule has 0 atom stereocenters. The second-order valence-corrected chi connectivity index (χ2v) is 8.32. The van der Waals surface area contributed by atoms with Gasteiger partial charge in [0.25, 0.3) is 5.91 Å². The van der Waals surface area contributed by atoms with Crippen LogP contribution >= 0.6 is 0 Å². The maximum absolute atomic E-state index is 13.4. The smallest absolute Gasteiger partial charge is 0.373 e. The molecule has 0 aromatic heterocycles. The van der Waals surface area contributed by atoms with Crippen molar-refractivity contribution >= 4 is 23.0 Å². The topological polar surface area (TPSA) is 38.8 Å². The zero-order valence-electron chi connectivity index (χ0n) is 17.8. The number of nitrogens with zero attached hydrogens (tertiary/aromatic N) is 3. The first-order valence-corrected chi connectivity index (χ1v) is 9.70. The van der Waals surface area contributed by atoms with Crippen LogP contribution in [0.25, 0.3) is 0 Å². The average molecular weight is 420 g/mol. The normalized spacial score (nSPS) is 15.8. The Hall–Kier alpha value is -2.74. The molecule has 1 aliphatic heterocycles. The first-order valence-electron chi connectivity index (χ1n) is 9.70. The number of hydrogen-bond acceptors (Lipinski definition) is 4. The Kier molecular flexibility index (Phi) is 5.73. The molecule has 0 saturated carbocycles. The van der Waals surface area contributed by atoms with Crippen molar-refractivity contribution in [3.05, 3.63) is 53.6 Å². The molecule has 0 fully saturated rings. The SMILES string of the molecule is CN(C)CCN(C)c1ccc2c(c1)C(=O)N(c1ccc(C(F)(F)F)cc1)C(C)(C)N2. The average Bonchev–Trinajstić information content (AvgIpc) is 2.65. The molecule has 0 unspecified atom stereocenters. The molecular weight excluding hydrogens is 393 g/mol. The molecule has 1 aliphatic rings. The number of rotatable bonds is 5. The number of hydrogen-bond donors (Lipinski definition) is 1. The molecule has 5 nitrogen and oxygen atoms in total. The highest BCUT2D eigenvalue weighted by Crippen LogP contribution is 2.38. The Labute approximate surface area is 175 Å². The minimum absolute atomic E-state index is 0.253. The van der Waals surface area contributed by atoms with E-state index in [2.05, 4.69) is 15.1 Å². The highest BCUT2D eigenvalue weighted by Gasteiger charge is 2.39. The fourth-order valence-corrected chi connectivity index (χ4v) is 3.53. The molecule has 0 aliphatic carbocycles. The van der Waals surface area contributed by atoms with Crippen LogP contribution < -0.4 is 15.1 Å². The number of amides is 1. The Morgan fingerprint density at radius 2 is 1.63 bits per heavy atom. The molecule has 3 rings (SSSR count). The lowest BCUT2D eigenvalue weighted by Crippen LogP contribution is -2.56. The molecule has 1 amide bonds. The molecule has 2 aromatic rings. The summed E-state index contributed by atoms with van der Waals surface area (Å²) in [4.78, 5) is 19.0. The molecule has 2 aromatic carbocycles. The van der Waals surface area contributed by atoms with Crippen LogP contribution in [0.2, 0.25) is 0 Å². The van der Waals surface area contributed by atoms with E-state index in [0.717, 1.165) is 30.9 Å². The molecule has 0 radical (unpaired) electrons. The summed E-state index contributed by atoms with van der Waals surface area (Å²) in [5.41, 5.74) is 0.954. The fourth-order valence-electron chi connectivity index (χ4n) is 3.53. The van der Waals surface area contributed by atoms with Gasteiger partial charge in [0.2, 0.25) is 0 Å². The van der Waals surface area contributed by atoms with E-state index in [4.69, 9.17) is 0 Å². The lowest BCUT2D eigenvalue weighted by Gasteiger charge is -2.44. The van der Waals surface area contributed by atoms with Gasteiger partial charge in [-0.1, -0.05) is 0 Å². The van der Waals surface area contributed by atoms with E-state index in [1.54, 1.807) is 0 Å². The molecule has 0 saturated heterocycles. The largest absolute Gasteiger partial charge is 0.416 e. The van der Waals surface area contributed by atoms with Crippen molar-refractivity contribution in [2.75, 3.05) is 49.3 Å². The standard InChI is InChI=1S/C22H27F3N4O/c1-21(2)26-19-11-10-17(28(5)13-12-27(3)4)14-18(19)20(30)29(21)16-8-6-15(7-9-16)22(23,24)25/h6-11,14,26H,12-13H2,1-5H3. The lowest BCUT2D eigenvalue weighted by atomic mass is 9.99. The number of carbonyl (C=O) groups excluding carboxylic acids is 1. The van der Waals surface area contributed by atoms with Crippen molar-refractivity contribution in [1.82, 2.24) is 4.90 Å². The Morgan fingerprint density at radius 3 is 2.20 bits per heavy atom. The van der Waals surface area contributed by atoms with Gasteiger partial charge in [0.15, 0.2) is 0 Å². The van der Waals surface area contributed by atoms with Crippen LogP contribution in [0.15, 0.2) is 42.5 Å². The van der Waals surface area contributed by atoms with Crippen LogP contribution in [0.1, 0.15) is 29.8 Å². The predicted molar refractivity (Wildman–Crippen MR) is 114 cm³/mol. The van der Waals surface area contributed by atoms with Gasteiger partial charge in [-0.05, 0) is 70.4 Å². The second kappa shape index (κ2) is 7.83. The maximum atomic E-state index is 13.4. The number of likely N-dealkylation sites (N-methyl/N-ethyl adjacent to an activating group) is 2. The van der Waals surface area contributed by atoms with Crippen molar-refractivity contribution in [1.29, 1.82) is 0 Å². The molecule has 0 bridgehead atoms. The van der Waals surface area contributed by atoms with Crippen molar-refractivity contribution in [3.8, 4) is 0 Å². The van der Waals surface area contributed by atoms with E-state index in [1.165, 1.54) is 17.0 Å². The highest BCUT2D eigenvalue weighted by atomic mass is 19.4. The van der Waals surface area contributed by atoms with E-state index in [0.29, 0.717) is 16.9 Å².